The van der Waals surface area contributed by atoms with E-state index in [9.17, 15) is 8.42 Å². The second-order valence-electron chi connectivity index (χ2n) is 2.41. The standard InChI is InChI=1S/C7H8N2O2S/c1-5-2-6(8)4-7(3-5)9-12(10)11/h2-4H,8H2,1H3. The summed E-state index contributed by atoms with van der Waals surface area (Å²) in [7, 11) is -2.41. The lowest BCUT2D eigenvalue weighted by atomic mass is 10.2. The summed E-state index contributed by atoms with van der Waals surface area (Å²) in [5.74, 6) is 0. The molecule has 0 saturated heterocycles. The number of nitrogens with zero attached hydrogens (tertiary/aromatic N) is 1. The van der Waals surface area contributed by atoms with Gasteiger partial charge in [-0.1, -0.05) is 0 Å². The molecule has 0 heterocycles. The van der Waals surface area contributed by atoms with Crippen LogP contribution in [0.1, 0.15) is 5.56 Å². The van der Waals surface area contributed by atoms with Crippen LogP contribution in [0.3, 0.4) is 0 Å². The van der Waals surface area contributed by atoms with Gasteiger partial charge in [-0.3, -0.25) is 0 Å². The lowest BCUT2D eigenvalue weighted by Crippen LogP contribution is -1.84. The summed E-state index contributed by atoms with van der Waals surface area (Å²) in [5.41, 5.74) is 7.24. The van der Waals surface area contributed by atoms with Gasteiger partial charge >= 0.3 is 10.5 Å². The average Bonchev–Trinajstić information content (AvgIpc) is 1.81. The Bertz CT molecular complexity index is 395. The number of aryl methyl sites for hydroxylation is 1. The van der Waals surface area contributed by atoms with Crippen LogP contribution in [0.5, 0.6) is 0 Å². The minimum absolute atomic E-state index is 0.362. The van der Waals surface area contributed by atoms with Gasteiger partial charge in [0.25, 0.3) is 0 Å². The fourth-order valence-corrected chi connectivity index (χ4v) is 1.21. The lowest BCUT2D eigenvalue weighted by Gasteiger charge is -1.96. The molecule has 0 atom stereocenters. The SMILES string of the molecule is Cc1cc(N)cc(N=S(=O)=O)c1. The predicted octanol–water partition coefficient (Wildman–Crippen LogP) is 1.27. The van der Waals surface area contributed by atoms with Gasteiger partial charge in [0.15, 0.2) is 0 Å². The zero-order chi connectivity index (χ0) is 9.14. The van der Waals surface area contributed by atoms with Gasteiger partial charge in [0.1, 0.15) is 0 Å². The zero-order valence-corrected chi connectivity index (χ0v) is 7.30. The summed E-state index contributed by atoms with van der Waals surface area (Å²) in [4.78, 5) is 0. The highest BCUT2D eigenvalue weighted by Gasteiger charge is 1.93. The van der Waals surface area contributed by atoms with Crippen LogP contribution >= 0.6 is 0 Å². The van der Waals surface area contributed by atoms with Crippen molar-refractivity contribution >= 4 is 21.9 Å². The highest BCUT2D eigenvalue weighted by Crippen LogP contribution is 2.18. The van der Waals surface area contributed by atoms with Gasteiger partial charge in [-0.05, 0) is 30.7 Å². The highest BCUT2D eigenvalue weighted by atomic mass is 32.2. The quantitative estimate of drug-likeness (QED) is 0.668. The Morgan fingerprint density at radius 1 is 1.33 bits per heavy atom. The molecular weight excluding hydrogens is 176 g/mol. The summed E-state index contributed by atoms with van der Waals surface area (Å²) in [5, 5.41) is 0. The third-order valence-electron chi connectivity index (χ3n) is 1.26. The van der Waals surface area contributed by atoms with Crippen molar-refractivity contribution in [3.63, 3.8) is 0 Å². The largest absolute Gasteiger partial charge is 0.399 e. The normalized spacial score (nSPS) is 9.42. The first-order valence-electron chi connectivity index (χ1n) is 3.26. The molecule has 0 saturated carbocycles. The van der Waals surface area contributed by atoms with E-state index in [-0.39, 0.29) is 0 Å². The molecule has 0 unspecified atom stereocenters. The third-order valence-corrected chi connectivity index (χ3v) is 1.62. The molecule has 0 aliphatic rings. The van der Waals surface area contributed by atoms with Crippen molar-refractivity contribution in [1.82, 2.24) is 0 Å². The van der Waals surface area contributed by atoms with E-state index < -0.39 is 10.5 Å². The number of nitrogen functional groups attached to an aromatic ring is 1. The molecule has 1 aromatic carbocycles. The molecule has 1 rings (SSSR count). The third kappa shape index (κ3) is 2.35. The van der Waals surface area contributed by atoms with Crippen LogP contribution in [0.4, 0.5) is 11.4 Å². The Morgan fingerprint density at radius 3 is 2.50 bits per heavy atom. The van der Waals surface area contributed by atoms with Crippen molar-refractivity contribution in [2.75, 3.05) is 5.73 Å². The topological polar surface area (TPSA) is 72.5 Å². The molecule has 0 aliphatic heterocycles. The van der Waals surface area contributed by atoms with E-state index in [2.05, 4.69) is 4.36 Å². The Hall–Kier alpha value is -1.36. The molecule has 1 aromatic rings. The Balaban J connectivity index is 3.27. The molecule has 0 fully saturated rings. The molecule has 0 radical (unpaired) electrons. The fraction of sp³-hybridized carbons (Fsp3) is 0.143. The molecule has 12 heavy (non-hydrogen) atoms. The van der Waals surface area contributed by atoms with Gasteiger partial charge in [0.2, 0.25) is 0 Å². The fourth-order valence-electron chi connectivity index (χ4n) is 0.931. The highest BCUT2D eigenvalue weighted by molar-refractivity contribution is 7.61. The number of hydrogen-bond acceptors (Lipinski definition) is 4. The van der Waals surface area contributed by atoms with Crippen molar-refractivity contribution in [3.05, 3.63) is 23.8 Å². The molecule has 64 valence electrons. The summed E-state index contributed by atoms with van der Waals surface area (Å²) in [6.45, 7) is 1.82. The monoisotopic (exact) mass is 184 g/mol. The smallest absolute Gasteiger partial charge is 0.316 e. The van der Waals surface area contributed by atoms with Crippen molar-refractivity contribution in [2.24, 2.45) is 4.36 Å². The van der Waals surface area contributed by atoms with E-state index in [0.29, 0.717) is 11.4 Å². The molecule has 0 amide bonds. The molecule has 0 spiro atoms. The maximum absolute atomic E-state index is 10.2. The van der Waals surface area contributed by atoms with Crippen LogP contribution in [0.15, 0.2) is 22.6 Å². The van der Waals surface area contributed by atoms with Crippen molar-refractivity contribution in [3.8, 4) is 0 Å². The zero-order valence-electron chi connectivity index (χ0n) is 6.48. The van der Waals surface area contributed by atoms with Gasteiger partial charge in [-0.15, -0.1) is 4.36 Å². The second-order valence-corrected chi connectivity index (χ2v) is 3.03. The predicted molar refractivity (Wildman–Crippen MR) is 46.6 cm³/mol. The van der Waals surface area contributed by atoms with Crippen molar-refractivity contribution < 1.29 is 8.42 Å². The van der Waals surface area contributed by atoms with Gasteiger partial charge in [0, 0.05) is 5.69 Å². The minimum atomic E-state index is -2.41. The van der Waals surface area contributed by atoms with Gasteiger partial charge < -0.3 is 5.73 Å². The summed E-state index contributed by atoms with van der Waals surface area (Å²) in [6.07, 6.45) is 0. The van der Waals surface area contributed by atoms with Crippen LogP contribution < -0.4 is 5.73 Å². The van der Waals surface area contributed by atoms with Crippen LogP contribution in [0.25, 0.3) is 0 Å². The summed E-state index contributed by atoms with van der Waals surface area (Å²) in [6, 6.07) is 4.89. The summed E-state index contributed by atoms with van der Waals surface area (Å²) >= 11 is 0. The summed E-state index contributed by atoms with van der Waals surface area (Å²) < 4.78 is 23.7. The van der Waals surface area contributed by atoms with E-state index in [0.717, 1.165) is 5.56 Å². The number of nitrogens with two attached hydrogens (primary N) is 1. The van der Waals surface area contributed by atoms with E-state index in [1.54, 1.807) is 12.1 Å². The van der Waals surface area contributed by atoms with E-state index >= 15 is 0 Å². The van der Waals surface area contributed by atoms with Crippen LogP contribution in [-0.4, -0.2) is 8.42 Å². The lowest BCUT2D eigenvalue weighted by molar-refractivity contribution is 0.622. The first kappa shape index (κ1) is 8.73. The Labute approximate surface area is 71.7 Å². The number of anilines is 1. The van der Waals surface area contributed by atoms with Crippen molar-refractivity contribution in [1.29, 1.82) is 0 Å². The van der Waals surface area contributed by atoms with E-state index in [1.165, 1.54) is 6.07 Å². The molecule has 2 N–H and O–H groups in total. The number of hydrogen-bond donors (Lipinski definition) is 1. The van der Waals surface area contributed by atoms with E-state index in [1.807, 2.05) is 6.92 Å². The molecule has 0 aliphatic carbocycles. The Morgan fingerprint density at radius 2 is 2.00 bits per heavy atom. The Kier molecular flexibility index (Phi) is 2.44. The average molecular weight is 184 g/mol. The maximum atomic E-state index is 10.2. The first-order chi connectivity index (χ1) is 5.58. The maximum Gasteiger partial charge on any atom is 0.316 e. The van der Waals surface area contributed by atoms with E-state index in [4.69, 9.17) is 5.73 Å². The van der Waals surface area contributed by atoms with Crippen LogP contribution in [0, 0.1) is 6.92 Å². The molecular formula is C7H8N2O2S. The molecule has 4 nitrogen and oxygen atoms in total. The number of benzene rings is 1. The minimum Gasteiger partial charge on any atom is -0.399 e. The van der Waals surface area contributed by atoms with Gasteiger partial charge in [-0.2, -0.15) is 8.42 Å². The van der Waals surface area contributed by atoms with Gasteiger partial charge in [-0.25, -0.2) is 0 Å². The molecule has 0 bridgehead atoms. The number of rotatable bonds is 1. The molecule has 0 aromatic heterocycles. The van der Waals surface area contributed by atoms with Crippen LogP contribution in [0.2, 0.25) is 0 Å². The van der Waals surface area contributed by atoms with Crippen LogP contribution in [-0.2, 0) is 10.5 Å². The second kappa shape index (κ2) is 3.36. The first-order valence-corrected chi connectivity index (χ1v) is 4.29. The van der Waals surface area contributed by atoms with Gasteiger partial charge in [0.05, 0.1) is 5.69 Å². The molecule has 5 heteroatoms. The van der Waals surface area contributed by atoms with Crippen molar-refractivity contribution in [2.45, 2.75) is 6.92 Å².